The van der Waals surface area contributed by atoms with Crippen LogP contribution in [0.2, 0.25) is 0 Å². The Hall–Kier alpha value is -0.190. The van der Waals surface area contributed by atoms with Crippen LogP contribution in [0.3, 0.4) is 0 Å². The molecule has 0 aliphatic carbocycles. The Morgan fingerprint density at radius 3 is 2.50 bits per heavy atom. The van der Waals surface area contributed by atoms with Crippen molar-refractivity contribution >= 4 is 0 Å². The summed E-state index contributed by atoms with van der Waals surface area (Å²) in [6.07, 6.45) is 3.59. The number of rotatable bonds is 2. The number of allylic oxidation sites excluding steroid dienone is 2. The molecule has 0 unspecified atom stereocenters. The third kappa shape index (κ3) is 5.81. The predicted molar refractivity (Wildman–Crippen MR) is 31.5 cm³/mol. The second kappa shape index (κ2) is 4.96. The van der Waals surface area contributed by atoms with Gasteiger partial charge in [0.05, 0.1) is 0 Å². The second-order valence-electron chi connectivity index (χ2n) is 1.20. The van der Waals surface area contributed by atoms with E-state index >= 15 is 0 Å². The summed E-state index contributed by atoms with van der Waals surface area (Å²) in [5, 5.41) is 0. The van der Waals surface area contributed by atoms with E-state index in [0.29, 0.717) is 5.82 Å². The third-order valence-corrected chi connectivity index (χ3v) is 1.62. The molecular formula is C5H10IN2-. The molecule has 0 saturated heterocycles. The Morgan fingerprint density at radius 1 is 1.50 bits per heavy atom. The van der Waals surface area contributed by atoms with Crippen molar-refractivity contribution in [2.45, 2.75) is 0 Å². The summed E-state index contributed by atoms with van der Waals surface area (Å²) in [6.45, 7) is 0. The molecule has 8 heavy (non-hydrogen) atoms. The molecule has 0 atom stereocenters. The molecule has 3 heteroatoms. The van der Waals surface area contributed by atoms with E-state index in [1.54, 1.807) is 6.08 Å². The zero-order valence-corrected chi connectivity index (χ0v) is 6.92. The van der Waals surface area contributed by atoms with Gasteiger partial charge in [0, 0.05) is 0 Å². The fourth-order valence-electron chi connectivity index (χ4n) is 0.220. The van der Waals surface area contributed by atoms with Crippen LogP contribution in [0.4, 0.5) is 0 Å². The number of halogens is 1. The van der Waals surface area contributed by atoms with Gasteiger partial charge in [0.15, 0.2) is 0 Å². The van der Waals surface area contributed by atoms with E-state index in [2.05, 4.69) is 9.01 Å². The van der Waals surface area contributed by atoms with Crippen LogP contribution in [-0.2, 0) is 0 Å². The average molecular weight is 225 g/mol. The van der Waals surface area contributed by atoms with Crippen LogP contribution in [-0.4, -0.2) is 4.93 Å². The molecule has 0 spiro atoms. The Morgan fingerprint density at radius 2 is 2.12 bits per heavy atom. The molecule has 0 saturated carbocycles. The summed E-state index contributed by atoms with van der Waals surface area (Å²) >= 11 is 0.239. The SMILES string of the molecule is C[I-]/C=C\C=C(N)N. The molecular weight excluding hydrogens is 215 g/mol. The monoisotopic (exact) mass is 225 g/mol. The first-order valence-corrected chi connectivity index (χ1v) is 5.53. The maximum absolute atomic E-state index is 5.13. The van der Waals surface area contributed by atoms with Crippen molar-refractivity contribution in [1.29, 1.82) is 0 Å². The second-order valence-corrected chi connectivity index (χ2v) is 3.17. The molecule has 48 valence electrons. The number of hydrogen-bond acceptors (Lipinski definition) is 2. The zero-order chi connectivity index (χ0) is 6.41. The number of hydrogen-bond donors (Lipinski definition) is 2. The van der Waals surface area contributed by atoms with Gasteiger partial charge in [0.1, 0.15) is 0 Å². The van der Waals surface area contributed by atoms with E-state index in [4.69, 9.17) is 11.5 Å². The van der Waals surface area contributed by atoms with E-state index in [0.717, 1.165) is 0 Å². The Kier molecular flexibility index (Phi) is 4.84. The standard InChI is InChI=1S/C5H10IN2/c1-6-4-2-3-5(7)8/h2-4H,7-8H2,1H3/q-1/b4-2-. The van der Waals surface area contributed by atoms with Gasteiger partial charge in [0.2, 0.25) is 0 Å². The van der Waals surface area contributed by atoms with Crippen LogP contribution in [0, 0.1) is 0 Å². The van der Waals surface area contributed by atoms with Crippen molar-refractivity contribution in [3.8, 4) is 0 Å². The van der Waals surface area contributed by atoms with Crippen LogP contribution in [0.15, 0.2) is 22.1 Å². The van der Waals surface area contributed by atoms with E-state index < -0.39 is 0 Å². The Bertz CT molecular complexity index is 103. The molecule has 0 aliphatic rings. The van der Waals surface area contributed by atoms with Crippen LogP contribution in [0.1, 0.15) is 0 Å². The van der Waals surface area contributed by atoms with Crippen molar-refractivity contribution in [1.82, 2.24) is 0 Å². The predicted octanol–water partition coefficient (Wildman–Crippen LogP) is -3.02. The van der Waals surface area contributed by atoms with Crippen molar-refractivity contribution in [2.24, 2.45) is 11.5 Å². The Balaban J connectivity index is 3.42. The van der Waals surface area contributed by atoms with Crippen molar-refractivity contribution in [3.05, 3.63) is 22.1 Å². The van der Waals surface area contributed by atoms with Gasteiger partial charge >= 0.3 is 59.7 Å². The van der Waals surface area contributed by atoms with Crippen molar-refractivity contribution < 1.29 is 21.2 Å². The van der Waals surface area contributed by atoms with Crippen molar-refractivity contribution in [3.63, 3.8) is 0 Å². The molecule has 2 nitrogen and oxygen atoms in total. The van der Waals surface area contributed by atoms with Gasteiger partial charge in [0.25, 0.3) is 0 Å². The minimum absolute atomic E-state index is 0.239. The fraction of sp³-hybridized carbons (Fsp3) is 0.200. The molecule has 4 N–H and O–H groups in total. The fourth-order valence-corrected chi connectivity index (χ4v) is 0.843. The summed E-state index contributed by atoms with van der Waals surface area (Å²) in [4.78, 5) is 2.16. The molecule has 0 aromatic heterocycles. The first-order chi connectivity index (χ1) is 3.77. The van der Waals surface area contributed by atoms with Gasteiger partial charge < -0.3 is 0 Å². The molecule has 0 radical (unpaired) electrons. The van der Waals surface area contributed by atoms with Gasteiger partial charge in [-0.1, -0.05) is 0 Å². The quantitative estimate of drug-likeness (QED) is 0.298. The molecule has 0 heterocycles. The number of nitrogens with two attached hydrogens (primary N) is 2. The van der Waals surface area contributed by atoms with Crippen LogP contribution < -0.4 is 32.7 Å². The van der Waals surface area contributed by atoms with Crippen LogP contribution >= 0.6 is 0 Å². The van der Waals surface area contributed by atoms with Gasteiger partial charge in [-0.3, -0.25) is 0 Å². The summed E-state index contributed by atoms with van der Waals surface area (Å²) in [6, 6.07) is 0. The van der Waals surface area contributed by atoms with Gasteiger partial charge in [-0.05, 0) is 0 Å². The summed E-state index contributed by atoms with van der Waals surface area (Å²) in [5.74, 6) is 0.374. The average Bonchev–Trinajstić information content (AvgIpc) is 1.66. The van der Waals surface area contributed by atoms with Gasteiger partial charge in [-0.25, -0.2) is 0 Å². The summed E-state index contributed by atoms with van der Waals surface area (Å²) in [7, 11) is 0. The van der Waals surface area contributed by atoms with E-state index in [1.165, 1.54) is 0 Å². The van der Waals surface area contributed by atoms with Crippen molar-refractivity contribution in [2.75, 3.05) is 4.93 Å². The van der Waals surface area contributed by atoms with E-state index in [1.807, 2.05) is 6.08 Å². The Labute approximate surface area is 59.9 Å². The summed E-state index contributed by atoms with van der Waals surface area (Å²) in [5.41, 5.74) is 10.3. The summed E-state index contributed by atoms with van der Waals surface area (Å²) < 4.78 is 2.10. The molecule has 0 fully saturated rings. The first kappa shape index (κ1) is 7.81. The maximum atomic E-state index is 5.13. The van der Waals surface area contributed by atoms with Crippen LogP contribution in [0.5, 0.6) is 0 Å². The van der Waals surface area contributed by atoms with Gasteiger partial charge in [-0.15, -0.1) is 0 Å². The molecule has 0 aromatic carbocycles. The molecule has 0 amide bonds. The molecule has 0 bridgehead atoms. The number of alkyl halides is 1. The molecule has 0 aliphatic heterocycles. The normalized spacial score (nSPS) is 10.1. The topological polar surface area (TPSA) is 52.0 Å². The first-order valence-electron chi connectivity index (χ1n) is 2.13. The molecule has 0 aromatic rings. The molecule has 0 rings (SSSR count). The van der Waals surface area contributed by atoms with E-state index in [-0.39, 0.29) is 21.2 Å². The minimum atomic E-state index is 0.239. The third-order valence-electron chi connectivity index (χ3n) is 0.487. The van der Waals surface area contributed by atoms with Gasteiger partial charge in [-0.2, -0.15) is 0 Å². The van der Waals surface area contributed by atoms with Crippen LogP contribution in [0.25, 0.3) is 0 Å². The zero-order valence-electron chi connectivity index (χ0n) is 4.76. The van der Waals surface area contributed by atoms with E-state index in [9.17, 15) is 0 Å².